The van der Waals surface area contributed by atoms with Gasteiger partial charge in [-0.1, -0.05) is 13.8 Å². The molecule has 0 aliphatic rings. The molecule has 0 aromatic heterocycles. The Bertz CT molecular complexity index is 173. The van der Waals surface area contributed by atoms with Gasteiger partial charge in [0.25, 0.3) is 0 Å². The van der Waals surface area contributed by atoms with Crippen LogP contribution in [-0.2, 0) is 0 Å². The van der Waals surface area contributed by atoms with Crippen molar-refractivity contribution in [3.05, 3.63) is 0 Å². The second kappa shape index (κ2) is 6.62. The molecule has 0 aromatic carbocycles. The van der Waals surface area contributed by atoms with Crippen LogP contribution < -0.4 is 11.1 Å². The molecule has 5 heteroatoms. The largest absolute Gasteiger partial charge is 0.465 e. The van der Waals surface area contributed by atoms with Crippen LogP contribution in [0.15, 0.2) is 0 Å². The maximum atomic E-state index is 10.4. The molecule has 0 aliphatic carbocycles. The molecule has 0 heterocycles. The highest BCUT2D eigenvalue weighted by molar-refractivity contribution is 5.64. The number of hydrogen-bond donors (Lipinski definition) is 4. The van der Waals surface area contributed by atoms with E-state index in [1.54, 1.807) is 0 Å². The van der Waals surface area contributed by atoms with Gasteiger partial charge < -0.3 is 21.3 Å². The van der Waals surface area contributed by atoms with Gasteiger partial charge >= 0.3 is 6.09 Å². The van der Waals surface area contributed by atoms with Gasteiger partial charge in [-0.25, -0.2) is 4.79 Å². The van der Waals surface area contributed by atoms with E-state index in [-0.39, 0.29) is 12.6 Å². The van der Waals surface area contributed by atoms with Crippen molar-refractivity contribution in [2.45, 2.75) is 38.8 Å². The fourth-order valence-corrected chi connectivity index (χ4v) is 1.38. The molecule has 0 radical (unpaired) electrons. The Morgan fingerprint density at radius 2 is 2.00 bits per heavy atom. The molecule has 2 atom stereocenters. The average Bonchev–Trinajstić information content (AvgIpc) is 2.01. The van der Waals surface area contributed by atoms with E-state index in [2.05, 4.69) is 5.32 Å². The zero-order valence-electron chi connectivity index (χ0n) is 8.73. The van der Waals surface area contributed by atoms with Crippen LogP contribution in [-0.4, -0.2) is 35.0 Å². The van der Waals surface area contributed by atoms with E-state index in [1.807, 2.05) is 13.8 Å². The van der Waals surface area contributed by atoms with E-state index >= 15 is 0 Å². The number of rotatable bonds is 6. The predicted octanol–water partition coefficient (Wildman–Crippen LogP) is 0.378. The molecule has 0 fully saturated rings. The highest BCUT2D eigenvalue weighted by atomic mass is 16.4. The molecule has 0 aromatic rings. The Hall–Kier alpha value is -0.810. The second-order valence-corrected chi connectivity index (χ2v) is 3.90. The normalized spacial score (nSPS) is 15.2. The molecule has 0 saturated heterocycles. The summed E-state index contributed by atoms with van der Waals surface area (Å²) >= 11 is 0. The van der Waals surface area contributed by atoms with Crippen LogP contribution in [0, 0.1) is 5.92 Å². The molecule has 0 saturated carbocycles. The molecule has 5 N–H and O–H groups in total. The van der Waals surface area contributed by atoms with Gasteiger partial charge in [0, 0.05) is 12.6 Å². The summed E-state index contributed by atoms with van der Waals surface area (Å²) in [5, 5.41) is 20.2. The first-order valence-corrected chi connectivity index (χ1v) is 4.83. The minimum absolute atomic E-state index is 0.163. The minimum Gasteiger partial charge on any atom is -0.465 e. The van der Waals surface area contributed by atoms with Crippen LogP contribution in [0.3, 0.4) is 0 Å². The third-order valence-corrected chi connectivity index (χ3v) is 1.91. The van der Waals surface area contributed by atoms with Crippen LogP contribution in [0.1, 0.15) is 26.7 Å². The van der Waals surface area contributed by atoms with Gasteiger partial charge in [0.15, 0.2) is 0 Å². The van der Waals surface area contributed by atoms with Gasteiger partial charge in [0.05, 0.1) is 6.10 Å². The summed E-state index contributed by atoms with van der Waals surface area (Å²) < 4.78 is 0. The number of nitrogens with two attached hydrogens (primary N) is 1. The Morgan fingerprint density at radius 1 is 1.43 bits per heavy atom. The Kier molecular flexibility index (Phi) is 6.23. The smallest absolute Gasteiger partial charge is 0.404 e. The van der Waals surface area contributed by atoms with Crippen molar-refractivity contribution in [2.24, 2.45) is 11.7 Å². The molecule has 2 unspecified atom stereocenters. The van der Waals surface area contributed by atoms with E-state index in [4.69, 9.17) is 10.8 Å². The fourth-order valence-electron chi connectivity index (χ4n) is 1.38. The van der Waals surface area contributed by atoms with Crippen molar-refractivity contribution in [2.75, 3.05) is 6.54 Å². The second-order valence-electron chi connectivity index (χ2n) is 3.90. The molecule has 84 valence electrons. The third kappa shape index (κ3) is 6.68. The molecule has 0 bridgehead atoms. The summed E-state index contributed by atoms with van der Waals surface area (Å²) in [4.78, 5) is 10.4. The lowest BCUT2D eigenvalue weighted by molar-refractivity contribution is 0.145. The van der Waals surface area contributed by atoms with E-state index in [0.29, 0.717) is 18.8 Å². The lowest BCUT2D eigenvalue weighted by Crippen LogP contribution is -2.39. The first-order valence-electron chi connectivity index (χ1n) is 4.83. The topological polar surface area (TPSA) is 95.6 Å². The van der Waals surface area contributed by atoms with Crippen molar-refractivity contribution >= 4 is 6.09 Å². The zero-order chi connectivity index (χ0) is 11.1. The van der Waals surface area contributed by atoms with Gasteiger partial charge in [0.1, 0.15) is 0 Å². The number of carboxylic acid groups (broad SMARTS) is 1. The van der Waals surface area contributed by atoms with Crippen molar-refractivity contribution in [1.29, 1.82) is 0 Å². The Labute approximate surface area is 84.3 Å². The van der Waals surface area contributed by atoms with Crippen molar-refractivity contribution in [3.63, 3.8) is 0 Å². The fraction of sp³-hybridized carbons (Fsp3) is 0.889. The van der Waals surface area contributed by atoms with E-state index < -0.39 is 12.2 Å². The number of hydrogen-bond acceptors (Lipinski definition) is 3. The van der Waals surface area contributed by atoms with Gasteiger partial charge in [0.2, 0.25) is 0 Å². The summed E-state index contributed by atoms with van der Waals surface area (Å²) in [5.74, 6) is 0.386. The highest BCUT2D eigenvalue weighted by Gasteiger charge is 2.16. The van der Waals surface area contributed by atoms with Crippen LogP contribution in [0.5, 0.6) is 0 Å². The van der Waals surface area contributed by atoms with Crippen molar-refractivity contribution < 1.29 is 15.0 Å². The lowest BCUT2D eigenvalue weighted by Gasteiger charge is -2.21. The van der Waals surface area contributed by atoms with E-state index in [9.17, 15) is 9.90 Å². The number of aliphatic hydroxyl groups excluding tert-OH is 1. The maximum absolute atomic E-state index is 10.4. The Balaban J connectivity index is 4.03. The number of carbonyl (C=O) groups is 1. The highest BCUT2D eigenvalue weighted by Crippen LogP contribution is 2.09. The van der Waals surface area contributed by atoms with Crippen molar-refractivity contribution in [3.8, 4) is 0 Å². The summed E-state index contributed by atoms with van der Waals surface area (Å²) in [6, 6.07) is -0.217. The SMILES string of the molecule is CC(C)CC(CC(O)CN)NC(=O)O. The number of nitrogens with one attached hydrogen (secondary N) is 1. The maximum Gasteiger partial charge on any atom is 0.404 e. The minimum atomic E-state index is -1.06. The van der Waals surface area contributed by atoms with E-state index in [1.165, 1.54) is 0 Å². The van der Waals surface area contributed by atoms with Crippen LogP contribution in [0.25, 0.3) is 0 Å². The Morgan fingerprint density at radius 3 is 2.36 bits per heavy atom. The molecule has 5 nitrogen and oxygen atoms in total. The summed E-state index contributed by atoms with van der Waals surface area (Å²) in [7, 11) is 0. The average molecular weight is 204 g/mol. The summed E-state index contributed by atoms with van der Waals surface area (Å²) in [6.07, 6.45) is -0.602. The van der Waals surface area contributed by atoms with Crippen molar-refractivity contribution in [1.82, 2.24) is 5.32 Å². The lowest BCUT2D eigenvalue weighted by atomic mass is 9.99. The van der Waals surface area contributed by atoms with Gasteiger partial charge in [-0.3, -0.25) is 0 Å². The van der Waals surface area contributed by atoms with Gasteiger partial charge in [-0.15, -0.1) is 0 Å². The number of aliphatic hydroxyl groups is 1. The molecule has 14 heavy (non-hydrogen) atoms. The van der Waals surface area contributed by atoms with Crippen LogP contribution in [0.4, 0.5) is 4.79 Å². The number of amides is 1. The quantitative estimate of drug-likeness (QED) is 0.503. The first-order chi connectivity index (χ1) is 6.45. The molecule has 1 amide bonds. The molecule has 0 spiro atoms. The molecular weight excluding hydrogens is 184 g/mol. The van der Waals surface area contributed by atoms with Crippen LogP contribution >= 0.6 is 0 Å². The molecule has 0 rings (SSSR count). The zero-order valence-corrected chi connectivity index (χ0v) is 8.73. The van der Waals surface area contributed by atoms with Gasteiger partial charge in [-0.2, -0.15) is 0 Å². The van der Waals surface area contributed by atoms with E-state index in [0.717, 1.165) is 0 Å². The standard InChI is InChI=1S/C9H20N2O3/c1-6(2)3-7(11-9(13)14)4-8(12)5-10/h6-8,11-12H,3-5,10H2,1-2H3,(H,13,14). The van der Waals surface area contributed by atoms with Gasteiger partial charge in [-0.05, 0) is 18.8 Å². The predicted molar refractivity (Wildman–Crippen MR) is 54.1 cm³/mol. The van der Waals surface area contributed by atoms with Crippen LogP contribution in [0.2, 0.25) is 0 Å². The molecular formula is C9H20N2O3. The first kappa shape index (κ1) is 13.2. The summed E-state index contributed by atoms with van der Waals surface area (Å²) in [6.45, 7) is 4.17. The molecule has 0 aliphatic heterocycles. The summed E-state index contributed by atoms with van der Waals surface area (Å²) in [5.41, 5.74) is 5.26. The monoisotopic (exact) mass is 204 g/mol. The third-order valence-electron chi connectivity index (χ3n) is 1.91.